The fraction of sp³-hybridized carbons (Fsp3) is 0.944. The van der Waals surface area contributed by atoms with Crippen molar-refractivity contribution in [3.05, 3.63) is 0 Å². The Hall–Kier alpha value is -0.450. The van der Waals surface area contributed by atoms with Crippen molar-refractivity contribution in [3.63, 3.8) is 0 Å². The van der Waals surface area contributed by atoms with Crippen LogP contribution in [0.25, 0.3) is 0 Å². The third-order valence-electron chi connectivity index (χ3n) is 7.80. The van der Waals surface area contributed by atoms with Gasteiger partial charge in [0, 0.05) is 12.3 Å². The number of ketones is 1. The molecule has 124 valence electrons. The molecule has 0 aromatic rings. The minimum absolute atomic E-state index is 0.000842. The smallest absolute Gasteiger partial charge is 0.136 e. The van der Waals surface area contributed by atoms with Gasteiger partial charge in [-0.2, -0.15) is 0 Å². The highest BCUT2D eigenvalue weighted by atomic mass is 16.3. The maximum atomic E-state index is 12.1. The van der Waals surface area contributed by atoms with Crippen LogP contribution in [0.2, 0.25) is 0 Å². The van der Waals surface area contributed by atoms with Gasteiger partial charge in [-0.15, -0.1) is 0 Å². The molecule has 4 nitrogen and oxygen atoms in total. The standard InChI is InChI=1S/C18H28O4/c1-18-7-6-9(19)8-13(18)16(21)17(22)15-11-3-5-14(20)10(11)2-4-12(15)18/h9-13,15-17,19,21-22H,2-8H2,1H3/t9-,10?,11?,12?,13?,15?,16+,17+,18+/m0/s1. The van der Waals surface area contributed by atoms with Gasteiger partial charge in [-0.1, -0.05) is 6.92 Å². The molecule has 22 heavy (non-hydrogen) atoms. The summed E-state index contributed by atoms with van der Waals surface area (Å²) in [5.41, 5.74) is -0.000842. The van der Waals surface area contributed by atoms with E-state index in [2.05, 4.69) is 6.92 Å². The third-order valence-corrected chi connectivity index (χ3v) is 7.80. The normalized spacial score (nSPS) is 57.9. The molecule has 4 saturated carbocycles. The van der Waals surface area contributed by atoms with Gasteiger partial charge in [-0.25, -0.2) is 0 Å². The number of fused-ring (bicyclic) bond motifs is 5. The zero-order valence-electron chi connectivity index (χ0n) is 13.3. The van der Waals surface area contributed by atoms with Crippen molar-refractivity contribution in [2.45, 2.75) is 70.2 Å². The topological polar surface area (TPSA) is 77.8 Å². The van der Waals surface area contributed by atoms with E-state index in [0.29, 0.717) is 24.5 Å². The first-order chi connectivity index (χ1) is 10.4. The Kier molecular flexibility index (Phi) is 3.45. The fourth-order valence-corrected chi connectivity index (χ4v) is 6.68. The predicted octanol–water partition coefficient (Wildman–Crippen LogP) is 1.51. The molecule has 3 N–H and O–H groups in total. The first-order valence-corrected chi connectivity index (χ1v) is 9.00. The van der Waals surface area contributed by atoms with Crippen molar-refractivity contribution in [3.8, 4) is 0 Å². The fourth-order valence-electron chi connectivity index (χ4n) is 6.68. The summed E-state index contributed by atoms with van der Waals surface area (Å²) >= 11 is 0. The molecule has 0 bridgehead atoms. The Morgan fingerprint density at radius 3 is 2.55 bits per heavy atom. The number of aliphatic hydroxyl groups is 3. The molecule has 4 aliphatic rings. The lowest BCUT2D eigenvalue weighted by Crippen LogP contribution is -2.63. The minimum Gasteiger partial charge on any atom is -0.393 e. The summed E-state index contributed by atoms with van der Waals surface area (Å²) in [6, 6.07) is 0. The van der Waals surface area contributed by atoms with Crippen LogP contribution in [-0.4, -0.2) is 39.4 Å². The second-order valence-electron chi connectivity index (χ2n) is 8.56. The largest absolute Gasteiger partial charge is 0.393 e. The number of hydrogen-bond donors (Lipinski definition) is 3. The average Bonchev–Trinajstić information content (AvgIpc) is 2.88. The predicted molar refractivity (Wildman–Crippen MR) is 80.9 cm³/mol. The molecule has 0 amide bonds. The first-order valence-electron chi connectivity index (χ1n) is 9.00. The Morgan fingerprint density at radius 1 is 1.00 bits per heavy atom. The van der Waals surface area contributed by atoms with E-state index >= 15 is 0 Å². The Balaban J connectivity index is 1.70. The molecule has 5 unspecified atom stereocenters. The van der Waals surface area contributed by atoms with Crippen molar-refractivity contribution in [2.75, 3.05) is 0 Å². The molecule has 4 aliphatic carbocycles. The van der Waals surface area contributed by atoms with Gasteiger partial charge in [-0.3, -0.25) is 4.79 Å². The van der Waals surface area contributed by atoms with Crippen LogP contribution in [0.4, 0.5) is 0 Å². The molecule has 4 heteroatoms. The van der Waals surface area contributed by atoms with E-state index < -0.39 is 12.2 Å². The van der Waals surface area contributed by atoms with E-state index in [0.717, 1.165) is 32.1 Å². The summed E-state index contributed by atoms with van der Waals surface area (Å²) in [7, 11) is 0. The van der Waals surface area contributed by atoms with Gasteiger partial charge < -0.3 is 15.3 Å². The van der Waals surface area contributed by atoms with Crippen LogP contribution >= 0.6 is 0 Å². The van der Waals surface area contributed by atoms with Crippen LogP contribution < -0.4 is 0 Å². The van der Waals surface area contributed by atoms with Crippen LogP contribution in [0.5, 0.6) is 0 Å². The number of rotatable bonds is 0. The summed E-state index contributed by atoms with van der Waals surface area (Å²) < 4.78 is 0. The Morgan fingerprint density at radius 2 is 1.77 bits per heavy atom. The summed E-state index contributed by atoms with van der Waals surface area (Å²) in [4.78, 5) is 12.1. The number of hydrogen-bond acceptors (Lipinski definition) is 4. The third kappa shape index (κ3) is 1.90. The highest BCUT2D eigenvalue weighted by Crippen LogP contribution is 2.62. The lowest BCUT2D eigenvalue weighted by Gasteiger charge is -2.61. The maximum Gasteiger partial charge on any atom is 0.136 e. The van der Waals surface area contributed by atoms with Gasteiger partial charge in [0.1, 0.15) is 5.78 Å². The monoisotopic (exact) mass is 308 g/mol. The molecule has 0 saturated heterocycles. The van der Waals surface area contributed by atoms with E-state index in [9.17, 15) is 20.1 Å². The lowest BCUT2D eigenvalue weighted by molar-refractivity contribution is -0.211. The summed E-state index contributed by atoms with van der Waals surface area (Å²) in [6.07, 6.45) is 3.98. The molecule has 0 spiro atoms. The van der Waals surface area contributed by atoms with Gasteiger partial charge in [0.15, 0.2) is 0 Å². The van der Waals surface area contributed by atoms with Gasteiger partial charge in [0.2, 0.25) is 0 Å². The summed E-state index contributed by atoms with van der Waals surface area (Å²) in [5, 5.41) is 31.5. The van der Waals surface area contributed by atoms with Gasteiger partial charge in [0.05, 0.1) is 18.3 Å². The maximum absolute atomic E-state index is 12.1. The van der Waals surface area contributed by atoms with E-state index in [-0.39, 0.29) is 35.2 Å². The van der Waals surface area contributed by atoms with Crippen molar-refractivity contribution in [1.82, 2.24) is 0 Å². The molecular weight excluding hydrogens is 280 g/mol. The minimum atomic E-state index is -0.754. The average molecular weight is 308 g/mol. The van der Waals surface area contributed by atoms with Gasteiger partial charge in [0.25, 0.3) is 0 Å². The molecule has 4 rings (SSSR count). The molecule has 4 fully saturated rings. The highest BCUT2D eigenvalue weighted by Gasteiger charge is 2.62. The molecule has 0 aromatic heterocycles. The quantitative estimate of drug-likeness (QED) is 0.634. The van der Waals surface area contributed by atoms with Crippen LogP contribution in [0.15, 0.2) is 0 Å². The van der Waals surface area contributed by atoms with E-state index in [1.54, 1.807) is 0 Å². The van der Waals surface area contributed by atoms with Crippen molar-refractivity contribution >= 4 is 5.78 Å². The molecule has 0 heterocycles. The number of carbonyl (C=O) groups excluding carboxylic acids is 1. The summed E-state index contributed by atoms with van der Waals surface area (Å²) in [5.74, 6) is 1.20. The zero-order chi connectivity index (χ0) is 15.6. The van der Waals surface area contributed by atoms with Crippen molar-refractivity contribution in [1.29, 1.82) is 0 Å². The van der Waals surface area contributed by atoms with Crippen LogP contribution in [0.3, 0.4) is 0 Å². The molecule has 0 aliphatic heterocycles. The molecular formula is C18H28O4. The van der Waals surface area contributed by atoms with Crippen LogP contribution in [-0.2, 0) is 4.79 Å². The first kappa shape index (κ1) is 15.1. The highest BCUT2D eigenvalue weighted by molar-refractivity contribution is 5.83. The lowest BCUT2D eigenvalue weighted by atomic mass is 9.45. The van der Waals surface area contributed by atoms with E-state index in [4.69, 9.17) is 0 Å². The second kappa shape index (κ2) is 5.02. The van der Waals surface area contributed by atoms with Gasteiger partial charge >= 0.3 is 0 Å². The SMILES string of the molecule is C[C@]12CC[C@H](O)CC1[C@@H](O)[C@H](O)C1C3CCC(=O)C3CCC12. The van der Waals surface area contributed by atoms with Gasteiger partial charge in [-0.05, 0) is 67.6 Å². The number of aliphatic hydroxyl groups excluding tert-OH is 3. The van der Waals surface area contributed by atoms with E-state index in [1.165, 1.54) is 0 Å². The summed E-state index contributed by atoms with van der Waals surface area (Å²) in [6.45, 7) is 2.26. The van der Waals surface area contributed by atoms with Crippen LogP contribution in [0, 0.1) is 35.0 Å². The molecule has 0 radical (unpaired) electrons. The molecule has 0 aromatic carbocycles. The zero-order valence-corrected chi connectivity index (χ0v) is 13.3. The van der Waals surface area contributed by atoms with Crippen molar-refractivity contribution in [2.24, 2.45) is 35.0 Å². The van der Waals surface area contributed by atoms with E-state index in [1.807, 2.05) is 0 Å². The second-order valence-corrected chi connectivity index (χ2v) is 8.56. The van der Waals surface area contributed by atoms with Crippen molar-refractivity contribution < 1.29 is 20.1 Å². The number of carbonyl (C=O) groups is 1. The van der Waals surface area contributed by atoms with Crippen LogP contribution in [0.1, 0.15) is 51.9 Å². The Labute approximate surface area is 131 Å². The molecule has 9 atom stereocenters. The number of Topliss-reactive ketones (excluding diaryl/α,β-unsaturated/α-hetero) is 1. The Bertz CT molecular complexity index is 478.